The van der Waals surface area contributed by atoms with Crippen LogP contribution in [0, 0.1) is 0 Å². The molecule has 0 bridgehead atoms. The van der Waals surface area contributed by atoms with Crippen molar-refractivity contribution in [3.8, 4) is 0 Å². The largest absolute Gasteiger partial charge is 0.326 e. The zero-order valence-electron chi connectivity index (χ0n) is 13.7. The van der Waals surface area contributed by atoms with Crippen LogP contribution in [0.15, 0.2) is 24.3 Å². The summed E-state index contributed by atoms with van der Waals surface area (Å²) in [6.07, 6.45) is 6.49. The first kappa shape index (κ1) is 17.7. The van der Waals surface area contributed by atoms with E-state index in [1.54, 1.807) is 0 Å². The number of hydrogen-bond acceptors (Lipinski definition) is 2. The van der Waals surface area contributed by atoms with Crippen LogP contribution in [0.2, 0.25) is 0 Å². The van der Waals surface area contributed by atoms with E-state index in [1.165, 1.54) is 19.3 Å². The monoisotopic (exact) mass is 290 g/mol. The van der Waals surface area contributed by atoms with Crippen molar-refractivity contribution in [3.63, 3.8) is 0 Å². The molecule has 1 atom stereocenters. The van der Waals surface area contributed by atoms with Crippen LogP contribution >= 0.6 is 0 Å². The normalized spacial score (nSPS) is 12.1. The van der Waals surface area contributed by atoms with Crippen molar-refractivity contribution < 1.29 is 4.79 Å². The molecule has 3 heteroatoms. The van der Waals surface area contributed by atoms with E-state index >= 15 is 0 Å². The maximum absolute atomic E-state index is 12.0. The summed E-state index contributed by atoms with van der Waals surface area (Å²) >= 11 is 0. The molecule has 1 unspecified atom stereocenters. The third kappa shape index (κ3) is 6.76. The van der Waals surface area contributed by atoms with Gasteiger partial charge in [-0.15, -0.1) is 0 Å². The number of carbonyl (C=O) groups is 1. The van der Waals surface area contributed by atoms with Crippen molar-refractivity contribution in [2.24, 2.45) is 0 Å². The van der Waals surface area contributed by atoms with E-state index < -0.39 is 0 Å². The minimum absolute atomic E-state index is 0.127. The minimum Gasteiger partial charge on any atom is -0.326 e. The first-order valence-corrected chi connectivity index (χ1v) is 8.31. The first-order valence-electron chi connectivity index (χ1n) is 8.31. The molecule has 21 heavy (non-hydrogen) atoms. The number of nitrogens with one attached hydrogen (secondary N) is 2. The molecule has 0 radical (unpaired) electrons. The molecule has 0 spiro atoms. The third-order valence-electron chi connectivity index (χ3n) is 3.72. The van der Waals surface area contributed by atoms with Crippen LogP contribution in [-0.4, -0.2) is 12.5 Å². The van der Waals surface area contributed by atoms with E-state index in [0.29, 0.717) is 6.42 Å². The maximum atomic E-state index is 12.0. The zero-order chi connectivity index (χ0) is 15.5. The number of amides is 1. The quantitative estimate of drug-likeness (QED) is 0.615. The molecule has 0 aliphatic carbocycles. The van der Waals surface area contributed by atoms with Gasteiger partial charge in [0.05, 0.1) is 0 Å². The Balaban J connectivity index is 2.48. The van der Waals surface area contributed by atoms with Crippen molar-refractivity contribution in [1.82, 2.24) is 5.32 Å². The lowest BCUT2D eigenvalue weighted by molar-refractivity contribution is -0.116. The fourth-order valence-corrected chi connectivity index (χ4v) is 2.51. The number of carbonyl (C=O) groups excluding carboxylic acids is 1. The Labute approximate surface area is 129 Å². The smallest absolute Gasteiger partial charge is 0.224 e. The van der Waals surface area contributed by atoms with Gasteiger partial charge in [0.15, 0.2) is 0 Å². The molecule has 3 nitrogen and oxygen atoms in total. The molecule has 0 aliphatic rings. The molecule has 2 N–H and O–H groups in total. The number of unbranched alkanes of at least 4 members (excludes halogenated alkanes) is 4. The Morgan fingerprint density at radius 1 is 1.10 bits per heavy atom. The second-order valence-corrected chi connectivity index (χ2v) is 5.58. The van der Waals surface area contributed by atoms with Crippen molar-refractivity contribution in [3.05, 3.63) is 29.8 Å². The maximum Gasteiger partial charge on any atom is 0.224 e. The van der Waals surface area contributed by atoms with Crippen molar-refractivity contribution >= 4 is 11.6 Å². The molecule has 0 aliphatic heterocycles. The predicted molar refractivity (Wildman–Crippen MR) is 90.5 cm³/mol. The Kier molecular flexibility index (Phi) is 8.76. The van der Waals surface area contributed by atoms with E-state index in [2.05, 4.69) is 37.5 Å². The van der Waals surface area contributed by atoms with Crippen LogP contribution < -0.4 is 10.6 Å². The average Bonchev–Trinajstić information content (AvgIpc) is 2.48. The highest BCUT2D eigenvalue weighted by Crippen LogP contribution is 2.22. The van der Waals surface area contributed by atoms with Gasteiger partial charge in [0, 0.05) is 18.2 Å². The van der Waals surface area contributed by atoms with Crippen LogP contribution in [0.4, 0.5) is 5.69 Å². The van der Waals surface area contributed by atoms with Gasteiger partial charge in [-0.1, -0.05) is 57.7 Å². The highest BCUT2D eigenvalue weighted by Gasteiger charge is 2.11. The molecule has 118 valence electrons. The van der Waals surface area contributed by atoms with Gasteiger partial charge in [0.25, 0.3) is 0 Å². The summed E-state index contributed by atoms with van der Waals surface area (Å²) in [6, 6.07) is 8.29. The SMILES string of the molecule is CCCCCCCC(=O)Nc1ccccc1C(C)NCC. The van der Waals surface area contributed by atoms with Crippen LogP contribution in [0.1, 0.15) is 70.9 Å². The minimum atomic E-state index is 0.127. The second-order valence-electron chi connectivity index (χ2n) is 5.58. The zero-order valence-corrected chi connectivity index (χ0v) is 13.7. The molecular weight excluding hydrogens is 260 g/mol. The van der Waals surface area contributed by atoms with E-state index in [9.17, 15) is 4.79 Å². The van der Waals surface area contributed by atoms with Crippen molar-refractivity contribution in [2.45, 2.75) is 65.3 Å². The van der Waals surface area contributed by atoms with Crippen LogP contribution in [0.25, 0.3) is 0 Å². The lowest BCUT2D eigenvalue weighted by Crippen LogP contribution is -2.20. The van der Waals surface area contributed by atoms with Gasteiger partial charge in [-0.25, -0.2) is 0 Å². The fraction of sp³-hybridized carbons (Fsp3) is 0.611. The Bertz CT molecular complexity index is 417. The summed E-state index contributed by atoms with van der Waals surface area (Å²) < 4.78 is 0. The first-order chi connectivity index (χ1) is 10.2. The van der Waals surface area contributed by atoms with Crippen molar-refractivity contribution in [1.29, 1.82) is 0 Å². The number of rotatable bonds is 10. The van der Waals surface area contributed by atoms with E-state index in [0.717, 1.165) is 30.6 Å². The summed E-state index contributed by atoms with van der Waals surface area (Å²) in [5.41, 5.74) is 2.09. The molecule has 0 fully saturated rings. The number of anilines is 1. The summed E-state index contributed by atoms with van der Waals surface area (Å²) in [5.74, 6) is 0.127. The lowest BCUT2D eigenvalue weighted by atomic mass is 10.1. The molecule has 1 rings (SSSR count). The number of hydrogen-bond donors (Lipinski definition) is 2. The van der Waals surface area contributed by atoms with E-state index in [4.69, 9.17) is 0 Å². The summed E-state index contributed by atoms with van der Waals surface area (Å²) in [5, 5.41) is 6.45. The molecule has 0 saturated carbocycles. The predicted octanol–water partition coefficient (Wildman–Crippen LogP) is 4.66. The van der Waals surface area contributed by atoms with Gasteiger partial charge >= 0.3 is 0 Å². The highest BCUT2D eigenvalue weighted by molar-refractivity contribution is 5.91. The Morgan fingerprint density at radius 2 is 1.81 bits per heavy atom. The summed E-state index contributed by atoms with van der Waals surface area (Å²) in [6.45, 7) is 7.34. The molecule has 0 heterocycles. The molecular formula is C18H30N2O. The lowest BCUT2D eigenvalue weighted by Gasteiger charge is -2.17. The number of benzene rings is 1. The average molecular weight is 290 g/mol. The van der Waals surface area contributed by atoms with Gasteiger partial charge in [-0.3, -0.25) is 4.79 Å². The van der Waals surface area contributed by atoms with Gasteiger partial charge in [0.1, 0.15) is 0 Å². The molecule has 1 aromatic rings. The highest BCUT2D eigenvalue weighted by atomic mass is 16.1. The van der Waals surface area contributed by atoms with Gasteiger partial charge < -0.3 is 10.6 Å². The molecule has 0 saturated heterocycles. The molecule has 0 aromatic heterocycles. The van der Waals surface area contributed by atoms with Gasteiger partial charge in [-0.05, 0) is 31.5 Å². The van der Waals surface area contributed by atoms with Crippen LogP contribution in [0.5, 0.6) is 0 Å². The standard InChI is InChI=1S/C18H30N2O/c1-4-6-7-8-9-14-18(21)20-17-13-11-10-12-16(17)15(3)19-5-2/h10-13,15,19H,4-9,14H2,1-3H3,(H,20,21). The van der Waals surface area contributed by atoms with Gasteiger partial charge in [-0.2, -0.15) is 0 Å². The third-order valence-corrected chi connectivity index (χ3v) is 3.72. The van der Waals surface area contributed by atoms with Crippen LogP contribution in [-0.2, 0) is 4.79 Å². The van der Waals surface area contributed by atoms with E-state index in [1.807, 2.05) is 18.2 Å². The second kappa shape index (κ2) is 10.4. The van der Waals surface area contributed by atoms with E-state index in [-0.39, 0.29) is 11.9 Å². The topological polar surface area (TPSA) is 41.1 Å². The van der Waals surface area contributed by atoms with Crippen LogP contribution in [0.3, 0.4) is 0 Å². The van der Waals surface area contributed by atoms with Gasteiger partial charge in [0.2, 0.25) is 5.91 Å². The molecule has 1 amide bonds. The number of para-hydroxylation sites is 1. The summed E-state index contributed by atoms with van der Waals surface area (Å²) in [4.78, 5) is 12.0. The Hall–Kier alpha value is -1.35. The van der Waals surface area contributed by atoms with Crippen molar-refractivity contribution in [2.75, 3.05) is 11.9 Å². The fourth-order valence-electron chi connectivity index (χ4n) is 2.51. The Morgan fingerprint density at radius 3 is 2.52 bits per heavy atom. The summed E-state index contributed by atoms with van der Waals surface area (Å²) in [7, 11) is 0. The molecule has 1 aromatic carbocycles.